The number of nitrogens with two attached hydrogens (primary N) is 1. The lowest BCUT2D eigenvalue weighted by Gasteiger charge is -2.26. The number of sulfonamides is 1. The molecule has 0 aliphatic carbocycles. The molecule has 5 aromatic rings. The zero-order valence-electron chi connectivity index (χ0n) is 27.5. The first-order valence-corrected chi connectivity index (χ1v) is 17.4. The van der Waals surface area contributed by atoms with Crippen LogP contribution >= 0.6 is 12.4 Å². The standard InChI is InChI=1S/C38H33F2N5O5S.ClH/c39-28-13-19-31(20-14-28)51(49,50)43-29-15-9-26(10-16-29)24-44-34-7-3-4-8-35(34)45(30-17-11-25(22-41)12-18-30)38(48)32(37(44)47)21-36(46)42-23-27-5-1-2-6-33(27)40;/h1-20,32,43H,21-24,41H2,(H,42,46);1H. The van der Waals surface area contributed by atoms with Crippen LogP contribution in [0.1, 0.15) is 23.1 Å². The number of anilines is 4. The Balaban J connectivity index is 0.00000523. The second kappa shape index (κ2) is 16.1. The fourth-order valence-electron chi connectivity index (χ4n) is 5.74. The van der Waals surface area contributed by atoms with Gasteiger partial charge in [-0.15, -0.1) is 12.4 Å². The monoisotopic (exact) mass is 745 g/mol. The summed E-state index contributed by atoms with van der Waals surface area (Å²) in [6, 6.07) is 30.6. The maximum Gasteiger partial charge on any atom is 0.261 e. The van der Waals surface area contributed by atoms with Crippen molar-refractivity contribution in [2.75, 3.05) is 14.5 Å². The average molecular weight is 746 g/mol. The predicted octanol–water partition coefficient (Wildman–Crippen LogP) is 6.18. The Hall–Kier alpha value is -5.63. The first-order chi connectivity index (χ1) is 24.5. The first kappa shape index (κ1) is 37.6. The van der Waals surface area contributed by atoms with Gasteiger partial charge in [0.2, 0.25) is 17.7 Å². The van der Waals surface area contributed by atoms with Crippen molar-refractivity contribution in [2.24, 2.45) is 11.7 Å². The summed E-state index contributed by atoms with van der Waals surface area (Å²) in [6.45, 7) is 0.127. The van der Waals surface area contributed by atoms with E-state index in [9.17, 15) is 31.6 Å². The molecule has 1 atom stereocenters. The van der Waals surface area contributed by atoms with Crippen molar-refractivity contribution in [1.82, 2.24) is 5.32 Å². The highest BCUT2D eigenvalue weighted by Gasteiger charge is 2.42. The van der Waals surface area contributed by atoms with E-state index in [0.717, 1.165) is 29.8 Å². The molecule has 1 aliphatic heterocycles. The van der Waals surface area contributed by atoms with E-state index >= 15 is 0 Å². The van der Waals surface area contributed by atoms with Crippen LogP contribution in [0, 0.1) is 17.6 Å². The van der Waals surface area contributed by atoms with Crippen LogP contribution in [0.15, 0.2) is 126 Å². The fraction of sp³-hybridized carbons (Fsp3) is 0.132. The summed E-state index contributed by atoms with van der Waals surface area (Å²) in [7, 11) is -4.00. The number of carbonyl (C=O) groups is 3. The smallest absolute Gasteiger partial charge is 0.261 e. The molecule has 3 amide bonds. The van der Waals surface area contributed by atoms with E-state index < -0.39 is 51.7 Å². The van der Waals surface area contributed by atoms with Gasteiger partial charge in [0.15, 0.2) is 0 Å². The minimum absolute atomic E-state index is 0. The summed E-state index contributed by atoms with van der Waals surface area (Å²) in [4.78, 5) is 44.8. The van der Waals surface area contributed by atoms with Gasteiger partial charge in [0, 0.05) is 36.4 Å². The minimum atomic E-state index is -4.00. The van der Waals surface area contributed by atoms with Crippen molar-refractivity contribution in [3.63, 3.8) is 0 Å². The average Bonchev–Trinajstić information content (AvgIpc) is 3.21. The Morgan fingerprint density at radius 2 is 1.37 bits per heavy atom. The van der Waals surface area contributed by atoms with Crippen molar-refractivity contribution < 1.29 is 31.6 Å². The third-order valence-electron chi connectivity index (χ3n) is 8.42. The molecule has 1 unspecified atom stereocenters. The highest BCUT2D eigenvalue weighted by molar-refractivity contribution is 7.92. The molecule has 0 fully saturated rings. The van der Waals surface area contributed by atoms with Crippen LogP contribution in [0.25, 0.3) is 0 Å². The lowest BCUT2D eigenvalue weighted by Crippen LogP contribution is -2.43. The van der Waals surface area contributed by atoms with Crippen LogP contribution in [-0.2, 0) is 44.0 Å². The number of halogens is 3. The van der Waals surface area contributed by atoms with Gasteiger partial charge in [-0.25, -0.2) is 17.2 Å². The SMILES string of the molecule is Cl.NCc1ccc(N2C(=O)C(CC(=O)NCc3ccccc3F)C(=O)N(Cc3ccc(NS(=O)(=O)c4ccc(F)cc4)cc3)c3ccccc32)cc1. The zero-order valence-corrected chi connectivity index (χ0v) is 29.2. The van der Waals surface area contributed by atoms with Gasteiger partial charge >= 0.3 is 0 Å². The Labute approximate surface area is 305 Å². The lowest BCUT2D eigenvalue weighted by molar-refractivity contribution is -0.136. The molecule has 5 aromatic carbocycles. The molecular weight excluding hydrogens is 712 g/mol. The van der Waals surface area contributed by atoms with E-state index in [4.69, 9.17) is 5.73 Å². The number of rotatable bonds is 11. The Morgan fingerprint density at radius 1 is 0.750 bits per heavy atom. The number of hydrogen-bond donors (Lipinski definition) is 3. The van der Waals surface area contributed by atoms with Crippen LogP contribution in [-0.4, -0.2) is 26.1 Å². The second-order valence-corrected chi connectivity index (χ2v) is 13.5. The second-order valence-electron chi connectivity index (χ2n) is 11.8. The minimum Gasteiger partial charge on any atom is -0.352 e. The molecule has 0 spiro atoms. The van der Waals surface area contributed by atoms with Gasteiger partial charge in [-0.1, -0.05) is 54.6 Å². The molecule has 0 saturated carbocycles. The number of benzene rings is 5. The number of amides is 3. The topological polar surface area (TPSA) is 142 Å². The largest absolute Gasteiger partial charge is 0.352 e. The van der Waals surface area contributed by atoms with Crippen LogP contribution in [0.5, 0.6) is 0 Å². The van der Waals surface area contributed by atoms with E-state index in [-0.39, 0.29) is 48.2 Å². The fourth-order valence-corrected chi connectivity index (χ4v) is 6.79. The van der Waals surface area contributed by atoms with Gasteiger partial charge in [-0.05, 0) is 77.9 Å². The quantitative estimate of drug-likeness (QED) is 0.138. The van der Waals surface area contributed by atoms with Crippen LogP contribution in [0.2, 0.25) is 0 Å². The van der Waals surface area contributed by atoms with Crippen molar-refractivity contribution in [3.8, 4) is 0 Å². The van der Waals surface area contributed by atoms with E-state index in [2.05, 4.69) is 10.0 Å². The van der Waals surface area contributed by atoms with Crippen LogP contribution in [0.4, 0.5) is 31.5 Å². The number of fused-ring (bicyclic) bond motifs is 1. The number of nitrogens with one attached hydrogen (secondary N) is 2. The molecule has 1 heterocycles. The first-order valence-electron chi connectivity index (χ1n) is 15.9. The number of hydrogen-bond acceptors (Lipinski definition) is 6. The Kier molecular flexibility index (Phi) is 11.7. The molecule has 268 valence electrons. The Morgan fingerprint density at radius 3 is 2.02 bits per heavy atom. The summed E-state index contributed by atoms with van der Waals surface area (Å²) in [6.07, 6.45) is -0.502. The number of carbonyl (C=O) groups excluding carboxylic acids is 3. The van der Waals surface area contributed by atoms with Gasteiger partial charge in [-0.2, -0.15) is 0 Å². The van der Waals surface area contributed by atoms with E-state index in [1.807, 2.05) is 0 Å². The molecular formula is C38H34ClF2N5O5S. The molecule has 0 saturated heterocycles. The lowest BCUT2D eigenvalue weighted by atomic mass is 10.0. The normalized spacial score (nSPS) is 14.2. The summed E-state index contributed by atoms with van der Waals surface area (Å²) in [5.41, 5.74) is 9.00. The molecule has 1 aliphatic rings. The number of nitrogens with zero attached hydrogens (tertiary/aromatic N) is 2. The van der Waals surface area contributed by atoms with Crippen molar-refractivity contribution in [1.29, 1.82) is 0 Å². The molecule has 0 bridgehead atoms. The van der Waals surface area contributed by atoms with E-state index in [1.54, 1.807) is 66.7 Å². The Bertz CT molecular complexity index is 2190. The van der Waals surface area contributed by atoms with Crippen molar-refractivity contribution in [2.45, 2.75) is 31.0 Å². The zero-order chi connectivity index (χ0) is 36.1. The highest BCUT2D eigenvalue weighted by Crippen LogP contribution is 2.40. The van der Waals surface area contributed by atoms with Crippen molar-refractivity contribution in [3.05, 3.63) is 150 Å². The van der Waals surface area contributed by atoms with Gasteiger partial charge < -0.3 is 16.0 Å². The predicted molar refractivity (Wildman–Crippen MR) is 196 cm³/mol. The summed E-state index contributed by atoms with van der Waals surface area (Å²) < 4.78 is 55.7. The van der Waals surface area contributed by atoms with Crippen LogP contribution < -0.4 is 25.6 Å². The number of para-hydroxylation sites is 2. The molecule has 0 radical (unpaired) electrons. The van der Waals surface area contributed by atoms with Gasteiger partial charge in [0.1, 0.15) is 17.6 Å². The molecule has 6 rings (SSSR count). The maximum atomic E-state index is 14.4. The van der Waals surface area contributed by atoms with Gasteiger partial charge in [0.25, 0.3) is 10.0 Å². The highest BCUT2D eigenvalue weighted by atomic mass is 35.5. The molecule has 14 heteroatoms. The summed E-state index contributed by atoms with van der Waals surface area (Å²) >= 11 is 0. The summed E-state index contributed by atoms with van der Waals surface area (Å²) in [5, 5.41) is 2.63. The van der Waals surface area contributed by atoms with Gasteiger partial charge in [0.05, 0.1) is 22.8 Å². The van der Waals surface area contributed by atoms with Gasteiger partial charge in [-0.3, -0.25) is 24.0 Å². The molecule has 4 N–H and O–H groups in total. The third-order valence-corrected chi connectivity index (χ3v) is 9.82. The van der Waals surface area contributed by atoms with Crippen molar-refractivity contribution >= 4 is 62.9 Å². The third kappa shape index (κ3) is 8.28. The maximum absolute atomic E-state index is 14.4. The summed E-state index contributed by atoms with van der Waals surface area (Å²) in [5.74, 6) is -4.39. The molecule has 0 aromatic heterocycles. The molecule has 10 nitrogen and oxygen atoms in total. The van der Waals surface area contributed by atoms with Crippen LogP contribution in [0.3, 0.4) is 0 Å². The van der Waals surface area contributed by atoms with E-state index in [1.165, 1.54) is 40.1 Å². The van der Waals surface area contributed by atoms with E-state index in [0.29, 0.717) is 22.6 Å². The molecule has 52 heavy (non-hydrogen) atoms.